The lowest BCUT2D eigenvalue weighted by Crippen LogP contribution is -2.29. The lowest BCUT2D eigenvalue weighted by Gasteiger charge is -2.16. The highest BCUT2D eigenvalue weighted by Gasteiger charge is 2.28. The molecule has 2 nitrogen and oxygen atoms in total. The number of hydrogen-bond donors (Lipinski definition) is 2. The Morgan fingerprint density at radius 3 is 2.31 bits per heavy atom. The molecule has 0 amide bonds. The molecular formula is C9H14F2N2. The van der Waals surface area contributed by atoms with Crippen LogP contribution in [0.2, 0.25) is 0 Å². The first kappa shape index (κ1) is 10.3. The Balaban J connectivity index is 2.59. The molecule has 4 heteroatoms. The minimum atomic E-state index is -2.69. The van der Waals surface area contributed by atoms with E-state index in [2.05, 4.69) is 0 Å². The van der Waals surface area contributed by atoms with Crippen molar-refractivity contribution in [1.29, 1.82) is 0 Å². The molecule has 1 aliphatic carbocycles. The third-order valence-electron chi connectivity index (χ3n) is 2.06. The molecule has 0 aromatic rings. The SMILES string of the molecule is CC(F)(F)CC1=CC=C(CN)C1N. The predicted molar refractivity (Wildman–Crippen MR) is 48.4 cm³/mol. The van der Waals surface area contributed by atoms with Gasteiger partial charge in [-0.15, -0.1) is 0 Å². The van der Waals surface area contributed by atoms with Gasteiger partial charge < -0.3 is 11.5 Å². The summed E-state index contributed by atoms with van der Waals surface area (Å²) >= 11 is 0. The minimum Gasteiger partial charge on any atom is -0.327 e. The predicted octanol–water partition coefficient (Wildman–Crippen LogP) is 1.18. The number of halogens is 2. The maximum Gasteiger partial charge on any atom is 0.249 e. The first-order chi connectivity index (χ1) is 5.94. The maximum atomic E-state index is 12.6. The Morgan fingerprint density at radius 1 is 1.38 bits per heavy atom. The second-order valence-electron chi connectivity index (χ2n) is 3.41. The molecule has 0 saturated carbocycles. The second-order valence-corrected chi connectivity index (χ2v) is 3.41. The number of nitrogens with two attached hydrogens (primary N) is 2. The largest absolute Gasteiger partial charge is 0.327 e. The van der Waals surface area contributed by atoms with E-state index in [1.807, 2.05) is 0 Å². The monoisotopic (exact) mass is 188 g/mol. The fourth-order valence-electron chi connectivity index (χ4n) is 1.38. The Morgan fingerprint density at radius 2 is 1.92 bits per heavy atom. The van der Waals surface area contributed by atoms with Crippen molar-refractivity contribution in [3.8, 4) is 0 Å². The van der Waals surface area contributed by atoms with E-state index in [1.54, 1.807) is 12.2 Å². The fourth-order valence-corrected chi connectivity index (χ4v) is 1.38. The van der Waals surface area contributed by atoms with Gasteiger partial charge in [0.15, 0.2) is 0 Å². The van der Waals surface area contributed by atoms with Gasteiger partial charge in [-0.05, 0) is 18.1 Å². The van der Waals surface area contributed by atoms with Gasteiger partial charge in [0.05, 0.1) is 0 Å². The van der Waals surface area contributed by atoms with Gasteiger partial charge in [0, 0.05) is 19.0 Å². The van der Waals surface area contributed by atoms with Crippen molar-refractivity contribution >= 4 is 0 Å². The highest BCUT2D eigenvalue weighted by atomic mass is 19.3. The average Bonchev–Trinajstić information content (AvgIpc) is 2.30. The lowest BCUT2D eigenvalue weighted by molar-refractivity contribution is 0.0218. The zero-order chi connectivity index (χ0) is 10.1. The van der Waals surface area contributed by atoms with Crippen LogP contribution in [0.5, 0.6) is 0 Å². The van der Waals surface area contributed by atoms with E-state index in [0.717, 1.165) is 12.5 Å². The van der Waals surface area contributed by atoms with E-state index < -0.39 is 12.0 Å². The van der Waals surface area contributed by atoms with Gasteiger partial charge in [0.25, 0.3) is 0 Å². The summed E-state index contributed by atoms with van der Waals surface area (Å²) in [7, 11) is 0. The minimum absolute atomic E-state index is 0.284. The highest BCUT2D eigenvalue weighted by Crippen LogP contribution is 2.28. The van der Waals surface area contributed by atoms with Crippen LogP contribution in [0, 0.1) is 0 Å². The molecule has 1 aliphatic rings. The number of rotatable bonds is 3. The maximum absolute atomic E-state index is 12.6. The van der Waals surface area contributed by atoms with Gasteiger partial charge in [-0.25, -0.2) is 8.78 Å². The van der Waals surface area contributed by atoms with Crippen LogP contribution in [0.15, 0.2) is 23.3 Å². The van der Waals surface area contributed by atoms with Crippen LogP contribution in [0.25, 0.3) is 0 Å². The van der Waals surface area contributed by atoms with Crippen molar-refractivity contribution < 1.29 is 8.78 Å². The van der Waals surface area contributed by atoms with E-state index in [1.165, 1.54) is 0 Å². The van der Waals surface area contributed by atoms with Crippen molar-refractivity contribution in [3.63, 3.8) is 0 Å². The molecule has 0 bridgehead atoms. The molecule has 1 atom stereocenters. The van der Waals surface area contributed by atoms with Crippen molar-refractivity contribution in [1.82, 2.24) is 0 Å². The first-order valence-electron chi connectivity index (χ1n) is 4.17. The highest BCUT2D eigenvalue weighted by molar-refractivity contribution is 5.39. The van der Waals surface area contributed by atoms with Crippen molar-refractivity contribution in [2.24, 2.45) is 11.5 Å². The molecule has 0 saturated heterocycles. The third kappa shape index (κ3) is 2.60. The molecule has 74 valence electrons. The summed E-state index contributed by atoms with van der Waals surface area (Å²) in [6.07, 6.45) is 3.09. The summed E-state index contributed by atoms with van der Waals surface area (Å²) in [5.41, 5.74) is 12.5. The number of alkyl halides is 2. The van der Waals surface area contributed by atoms with Crippen LogP contribution < -0.4 is 11.5 Å². The van der Waals surface area contributed by atoms with Crippen molar-refractivity contribution in [2.45, 2.75) is 25.3 Å². The molecular weight excluding hydrogens is 174 g/mol. The normalized spacial score (nSPS) is 23.0. The molecule has 0 heterocycles. The number of hydrogen-bond acceptors (Lipinski definition) is 2. The average molecular weight is 188 g/mol. The molecule has 0 fully saturated rings. The molecule has 1 unspecified atom stereocenters. The van der Waals surface area contributed by atoms with Gasteiger partial charge in [0.1, 0.15) is 0 Å². The van der Waals surface area contributed by atoms with Gasteiger partial charge in [-0.2, -0.15) is 0 Å². The van der Waals surface area contributed by atoms with E-state index in [4.69, 9.17) is 11.5 Å². The van der Waals surface area contributed by atoms with Crippen LogP contribution in [0.1, 0.15) is 13.3 Å². The van der Waals surface area contributed by atoms with Crippen LogP contribution in [0.3, 0.4) is 0 Å². The topological polar surface area (TPSA) is 52.0 Å². The van der Waals surface area contributed by atoms with Gasteiger partial charge in [-0.3, -0.25) is 0 Å². The molecule has 0 aromatic heterocycles. The van der Waals surface area contributed by atoms with Gasteiger partial charge >= 0.3 is 0 Å². The van der Waals surface area contributed by atoms with Crippen LogP contribution >= 0.6 is 0 Å². The summed E-state index contributed by atoms with van der Waals surface area (Å²) < 4.78 is 25.3. The molecule has 4 N–H and O–H groups in total. The Labute approximate surface area is 76.3 Å². The molecule has 1 rings (SSSR count). The van der Waals surface area contributed by atoms with Crippen molar-refractivity contribution in [2.75, 3.05) is 6.54 Å². The summed E-state index contributed by atoms with van der Waals surface area (Å²) in [5.74, 6) is -2.69. The molecule has 0 spiro atoms. The Bertz CT molecular complexity index is 251. The number of allylic oxidation sites excluding steroid dienone is 2. The summed E-state index contributed by atoms with van der Waals surface area (Å²) in [4.78, 5) is 0. The lowest BCUT2D eigenvalue weighted by atomic mass is 10.0. The first-order valence-corrected chi connectivity index (χ1v) is 4.17. The molecule has 0 radical (unpaired) electrons. The van der Waals surface area contributed by atoms with E-state index in [9.17, 15) is 8.78 Å². The molecule has 13 heavy (non-hydrogen) atoms. The zero-order valence-electron chi connectivity index (χ0n) is 7.56. The zero-order valence-corrected chi connectivity index (χ0v) is 7.56. The summed E-state index contributed by atoms with van der Waals surface area (Å²) in [6, 6.07) is -0.407. The van der Waals surface area contributed by atoms with E-state index in [0.29, 0.717) is 12.1 Å². The Hall–Kier alpha value is -0.740. The van der Waals surface area contributed by atoms with Crippen LogP contribution in [-0.4, -0.2) is 18.5 Å². The summed E-state index contributed by atoms with van der Waals surface area (Å²) in [6.45, 7) is 1.22. The summed E-state index contributed by atoms with van der Waals surface area (Å²) in [5, 5.41) is 0. The third-order valence-corrected chi connectivity index (χ3v) is 2.06. The van der Waals surface area contributed by atoms with E-state index in [-0.39, 0.29) is 6.42 Å². The second kappa shape index (κ2) is 3.55. The standard InChI is InChI=1S/C9H14F2N2/c1-9(10,11)4-6-2-3-7(5-12)8(6)13/h2-3,8H,4-5,12-13H2,1H3. The van der Waals surface area contributed by atoms with Crippen LogP contribution in [0.4, 0.5) is 8.78 Å². The van der Waals surface area contributed by atoms with Crippen molar-refractivity contribution in [3.05, 3.63) is 23.3 Å². The fraction of sp³-hybridized carbons (Fsp3) is 0.556. The molecule has 0 aliphatic heterocycles. The Kier molecular flexibility index (Phi) is 2.83. The smallest absolute Gasteiger partial charge is 0.249 e. The van der Waals surface area contributed by atoms with Gasteiger partial charge in [-0.1, -0.05) is 12.2 Å². The molecule has 0 aromatic carbocycles. The van der Waals surface area contributed by atoms with Crippen LogP contribution in [-0.2, 0) is 0 Å². The quantitative estimate of drug-likeness (QED) is 0.698. The van der Waals surface area contributed by atoms with E-state index >= 15 is 0 Å². The van der Waals surface area contributed by atoms with Gasteiger partial charge in [0.2, 0.25) is 5.92 Å².